The Balaban J connectivity index is 2.05. The summed E-state index contributed by atoms with van der Waals surface area (Å²) in [5, 5.41) is 29.8. The lowest BCUT2D eigenvalue weighted by molar-refractivity contribution is -0.114. The lowest BCUT2D eigenvalue weighted by Crippen LogP contribution is -2.52. The van der Waals surface area contributed by atoms with E-state index in [1.807, 2.05) is 10.6 Å². The van der Waals surface area contributed by atoms with E-state index in [1.54, 1.807) is 24.3 Å². The quantitative estimate of drug-likeness (QED) is 0.280. The first-order valence-corrected chi connectivity index (χ1v) is 9.83. The van der Waals surface area contributed by atoms with Crippen molar-refractivity contribution in [2.75, 3.05) is 17.7 Å². The van der Waals surface area contributed by atoms with Crippen LogP contribution >= 0.6 is 11.3 Å². The molecule has 166 valence electrons. The molecule has 12 nitrogen and oxygen atoms in total. The summed E-state index contributed by atoms with van der Waals surface area (Å²) in [5.74, 6) is -0.563. The van der Waals surface area contributed by atoms with Gasteiger partial charge in [-0.15, -0.1) is 0 Å². The molecule has 13 heteroatoms. The monoisotopic (exact) mass is 450 g/mol. The fourth-order valence-electron chi connectivity index (χ4n) is 2.57. The Labute approximate surface area is 181 Å². The van der Waals surface area contributed by atoms with E-state index in [9.17, 15) is 19.2 Å². The largest absolute Gasteiger partial charge is 0.465 e. The number of benzene rings is 1. The van der Waals surface area contributed by atoms with E-state index in [1.165, 1.54) is 14.0 Å². The van der Waals surface area contributed by atoms with Crippen molar-refractivity contribution in [2.24, 2.45) is 0 Å². The molecule has 0 unspecified atom stereocenters. The Morgan fingerprint density at radius 1 is 1.03 bits per heavy atom. The van der Waals surface area contributed by atoms with E-state index < -0.39 is 18.5 Å². The topological polar surface area (TPSA) is 182 Å². The van der Waals surface area contributed by atoms with Crippen LogP contribution in [0.1, 0.15) is 27.9 Å². The molecule has 7 N–H and O–H groups in total. The number of carbonyl (C=O) groups is 4. The molecule has 2 aromatic rings. The Bertz CT molecular complexity index is 945. The molecule has 1 aromatic carbocycles. The number of nitrogens with zero attached hydrogens (tertiary/aromatic N) is 1. The molecule has 2 rings (SSSR count). The zero-order valence-corrected chi connectivity index (χ0v) is 17.5. The van der Waals surface area contributed by atoms with Gasteiger partial charge in [0.1, 0.15) is 4.88 Å². The van der Waals surface area contributed by atoms with Crippen LogP contribution in [0.2, 0.25) is 0 Å². The van der Waals surface area contributed by atoms with Crippen molar-refractivity contribution < 1.29 is 29.4 Å². The van der Waals surface area contributed by atoms with Gasteiger partial charge in [0, 0.05) is 19.7 Å². The van der Waals surface area contributed by atoms with Gasteiger partial charge in [0.25, 0.3) is 5.91 Å². The maximum atomic E-state index is 12.1. The van der Waals surface area contributed by atoms with Crippen LogP contribution in [0.25, 0.3) is 0 Å². The molecule has 0 aliphatic rings. The fourth-order valence-corrected chi connectivity index (χ4v) is 3.57. The predicted octanol–water partition coefficient (Wildman–Crippen LogP) is 1.48. The molecule has 4 amide bonds. The summed E-state index contributed by atoms with van der Waals surface area (Å²) in [5.41, 5.74) is 1.96. The van der Waals surface area contributed by atoms with Crippen molar-refractivity contribution >= 4 is 46.2 Å². The summed E-state index contributed by atoms with van der Waals surface area (Å²) in [6.45, 7) is 1.36. The van der Waals surface area contributed by atoms with Gasteiger partial charge >= 0.3 is 12.2 Å². The molecule has 0 atom stereocenters. The first-order valence-electron chi connectivity index (χ1n) is 9.01. The molecule has 31 heavy (non-hydrogen) atoms. The first kappa shape index (κ1) is 23.4. The molecule has 0 aliphatic carbocycles. The molecule has 0 radical (unpaired) electrons. The SMILES string of the molecule is CNC(=O)c1sc(NC(C)=O)nc1CCc1ccc(NC(NC(=O)O)NC(=O)O)cc1. The van der Waals surface area contributed by atoms with E-state index in [0.29, 0.717) is 34.2 Å². The number of aromatic nitrogens is 1. The maximum absolute atomic E-state index is 12.1. The number of carboxylic acid groups (broad SMARTS) is 2. The van der Waals surface area contributed by atoms with Gasteiger partial charge in [-0.25, -0.2) is 14.6 Å². The second-order valence-corrected chi connectivity index (χ2v) is 7.23. The average molecular weight is 450 g/mol. The highest BCUT2D eigenvalue weighted by Gasteiger charge is 2.18. The highest BCUT2D eigenvalue weighted by atomic mass is 32.1. The van der Waals surface area contributed by atoms with Crippen molar-refractivity contribution in [3.63, 3.8) is 0 Å². The zero-order valence-electron chi connectivity index (χ0n) is 16.7. The normalized spacial score (nSPS) is 10.3. The van der Waals surface area contributed by atoms with Gasteiger partial charge in [0.2, 0.25) is 5.91 Å². The van der Waals surface area contributed by atoms with Crippen molar-refractivity contribution in [3.05, 3.63) is 40.4 Å². The first-order chi connectivity index (χ1) is 14.7. The Hall–Kier alpha value is -3.87. The minimum absolute atomic E-state index is 0.278. The van der Waals surface area contributed by atoms with E-state index in [4.69, 9.17) is 10.2 Å². The van der Waals surface area contributed by atoms with Crippen LogP contribution < -0.4 is 26.6 Å². The van der Waals surface area contributed by atoms with Crippen LogP contribution in [0.15, 0.2) is 24.3 Å². The van der Waals surface area contributed by atoms with Gasteiger partial charge in [0.05, 0.1) is 5.69 Å². The predicted molar refractivity (Wildman–Crippen MR) is 113 cm³/mol. The van der Waals surface area contributed by atoms with E-state index >= 15 is 0 Å². The molecule has 0 saturated heterocycles. The summed E-state index contributed by atoms with van der Waals surface area (Å²) in [6, 6.07) is 6.89. The molecule has 1 heterocycles. The van der Waals surface area contributed by atoms with Crippen molar-refractivity contribution in [1.82, 2.24) is 20.9 Å². The van der Waals surface area contributed by atoms with E-state index in [-0.39, 0.29) is 11.8 Å². The number of nitrogens with one attached hydrogen (secondary N) is 5. The molecule has 0 fully saturated rings. The van der Waals surface area contributed by atoms with Crippen LogP contribution in [0.3, 0.4) is 0 Å². The Morgan fingerprint density at radius 2 is 1.65 bits per heavy atom. The molecule has 0 bridgehead atoms. The number of amides is 4. The second kappa shape index (κ2) is 10.8. The third-order valence-electron chi connectivity index (χ3n) is 3.86. The number of hydrogen-bond donors (Lipinski definition) is 7. The van der Waals surface area contributed by atoms with Gasteiger partial charge in [-0.2, -0.15) is 0 Å². The van der Waals surface area contributed by atoms with Crippen molar-refractivity contribution in [3.8, 4) is 0 Å². The van der Waals surface area contributed by atoms with Crippen LogP contribution in [-0.2, 0) is 17.6 Å². The van der Waals surface area contributed by atoms with Crippen LogP contribution in [0, 0.1) is 0 Å². The van der Waals surface area contributed by atoms with E-state index in [0.717, 1.165) is 16.9 Å². The minimum atomic E-state index is -1.39. The summed E-state index contributed by atoms with van der Waals surface area (Å²) in [4.78, 5) is 49.6. The summed E-state index contributed by atoms with van der Waals surface area (Å²) in [7, 11) is 1.52. The smallest absolute Gasteiger partial charge is 0.407 e. The number of carbonyl (C=O) groups excluding carboxylic acids is 2. The lowest BCUT2D eigenvalue weighted by Gasteiger charge is -2.19. The van der Waals surface area contributed by atoms with E-state index in [2.05, 4.69) is 20.9 Å². The van der Waals surface area contributed by atoms with Crippen molar-refractivity contribution in [1.29, 1.82) is 0 Å². The number of hydrogen-bond acceptors (Lipinski definition) is 7. The van der Waals surface area contributed by atoms with Gasteiger partial charge in [0.15, 0.2) is 11.4 Å². The summed E-state index contributed by atoms with van der Waals surface area (Å²) in [6.07, 6.45) is -3.00. The molecule has 0 saturated carbocycles. The van der Waals surface area contributed by atoms with Gasteiger partial charge in [-0.3, -0.25) is 20.2 Å². The molecular weight excluding hydrogens is 428 g/mol. The second-order valence-electron chi connectivity index (χ2n) is 6.23. The third kappa shape index (κ3) is 7.47. The minimum Gasteiger partial charge on any atom is -0.465 e. The number of anilines is 2. The highest BCUT2D eigenvalue weighted by molar-refractivity contribution is 7.17. The van der Waals surface area contributed by atoms with Crippen LogP contribution in [0.4, 0.5) is 20.4 Å². The fraction of sp³-hybridized carbons (Fsp3) is 0.278. The number of rotatable bonds is 9. The molecule has 0 spiro atoms. The van der Waals surface area contributed by atoms with Gasteiger partial charge in [-0.1, -0.05) is 23.5 Å². The van der Waals surface area contributed by atoms with Crippen molar-refractivity contribution in [2.45, 2.75) is 26.1 Å². The summed E-state index contributed by atoms with van der Waals surface area (Å²) < 4.78 is 0. The zero-order chi connectivity index (χ0) is 23.0. The molecule has 1 aromatic heterocycles. The Kier molecular flexibility index (Phi) is 8.14. The Morgan fingerprint density at radius 3 is 2.16 bits per heavy atom. The van der Waals surface area contributed by atoms with Gasteiger partial charge in [-0.05, 0) is 30.5 Å². The maximum Gasteiger partial charge on any atom is 0.407 e. The number of thiazole rings is 1. The standard InChI is InChI=1S/C18H22N6O6S/c1-9(25)20-16-22-12(13(31-16)14(26)19-2)8-5-10-3-6-11(7-4-10)21-15(23-17(27)28)24-18(29)30/h3-4,6-7,15,21,23-24H,5,8H2,1-2H3,(H,19,26)(H,27,28)(H,29,30)(H,20,22,25). The van der Waals surface area contributed by atoms with Crippen LogP contribution in [-0.4, -0.2) is 52.5 Å². The summed E-state index contributed by atoms with van der Waals surface area (Å²) >= 11 is 1.10. The lowest BCUT2D eigenvalue weighted by atomic mass is 10.1. The third-order valence-corrected chi connectivity index (χ3v) is 4.88. The van der Waals surface area contributed by atoms with Gasteiger partial charge < -0.3 is 26.2 Å². The number of aryl methyl sites for hydroxylation is 2. The average Bonchev–Trinajstić information content (AvgIpc) is 3.07. The molecular formula is C18H22N6O6S. The van der Waals surface area contributed by atoms with Crippen LogP contribution in [0.5, 0.6) is 0 Å². The molecule has 0 aliphatic heterocycles. The highest BCUT2D eigenvalue weighted by Crippen LogP contribution is 2.24.